The Morgan fingerprint density at radius 2 is 1.95 bits per heavy atom. The first-order chi connectivity index (χ1) is 9.08. The minimum Gasteiger partial charge on any atom is -0.489 e. The number of benzene rings is 2. The van der Waals surface area contributed by atoms with Gasteiger partial charge in [-0.05, 0) is 24.6 Å². The molecule has 2 aromatic carbocycles. The lowest BCUT2D eigenvalue weighted by atomic mass is 10.1. The zero-order valence-electron chi connectivity index (χ0n) is 10.6. The second-order valence-electron chi connectivity index (χ2n) is 4.27. The summed E-state index contributed by atoms with van der Waals surface area (Å²) in [6.45, 7) is 2.19. The highest BCUT2D eigenvalue weighted by Gasteiger charge is 2.11. The highest BCUT2D eigenvalue weighted by molar-refractivity contribution is 5.89. The molecule has 0 saturated heterocycles. The number of nitrogens with two attached hydrogens (primary N) is 1. The van der Waals surface area contributed by atoms with Crippen LogP contribution in [0.2, 0.25) is 0 Å². The van der Waals surface area contributed by atoms with Gasteiger partial charge in [-0.2, -0.15) is 0 Å². The van der Waals surface area contributed by atoms with Gasteiger partial charge in [-0.25, -0.2) is 4.79 Å². The Morgan fingerprint density at radius 1 is 1.26 bits per heavy atom. The normalized spacial score (nSPS) is 10.2. The van der Waals surface area contributed by atoms with Gasteiger partial charge in [-0.15, -0.1) is 0 Å². The van der Waals surface area contributed by atoms with E-state index in [1.165, 1.54) is 12.1 Å². The van der Waals surface area contributed by atoms with Crippen molar-refractivity contribution in [2.45, 2.75) is 13.5 Å². The van der Waals surface area contributed by atoms with Gasteiger partial charge in [0.1, 0.15) is 12.4 Å². The van der Waals surface area contributed by atoms with E-state index in [-0.39, 0.29) is 5.56 Å². The summed E-state index contributed by atoms with van der Waals surface area (Å²) in [6, 6.07) is 12.6. The molecule has 0 radical (unpaired) electrons. The summed E-state index contributed by atoms with van der Waals surface area (Å²) in [6.07, 6.45) is 0. The zero-order chi connectivity index (χ0) is 13.8. The number of carboxylic acids is 1. The van der Waals surface area contributed by atoms with Crippen molar-refractivity contribution in [3.8, 4) is 5.75 Å². The summed E-state index contributed by atoms with van der Waals surface area (Å²) in [4.78, 5) is 11.0. The minimum atomic E-state index is -1.02. The maximum absolute atomic E-state index is 11.0. The summed E-state index contributed by atoms with van der Waals surface area (Å²) in [5.74, 6) is -0.516. The number of hydrogen-bond donors (Lipinski definition) is 2. The van der Waals surface area contributed by atoms with E-state index in [2.05, 4.69) is 0 Å². The molecule has 0 aliphatic heterocycles. The number of carboxylic acid groups (broad SMARTS) is 1. The molecule has 0 amide bonds. The van der Waals surface area contributed by atoms with Crippen LogP contribution in [0.5, 0.6) is 5.75 Å². The molecule has 0 aromatic heterocycles. The Hall–Kier alpha value is -2.49. The molecular formula is C15H15NO3. The van der Waals surface area contributed by atoms with Crippen LogP contribution in [0.1, 0.15) is 21.5 Å². The number of rotatable bonds is 4. The summed E-state index contributed by atoms with van der Waals surface area (Å²) in [7, 11) is 0. The van der Waals surface area contributed by atoms with Crippen LogP contribution >= 0.6 is 0 Å². The van der Waals surface area contributed by atoms with Gasteiger partial charge in [0.25, 0.3) is 0 Å². The SMILES string of the molecule is Cc1c(N)cc(C(=O)O)cc1OCc1ccccc1. The van der Waals surface area contributed by atoms with E-state index in [4.69, 9.17) is 15.6 Å². The lowest BCUT2D eigenvalue weighted by Gasteiger charge is -2.12. The van der Waals surface area contributed by atoms with Gasteiger partial charge in [-0.1, -0.05) is 30.3 Å². The highest BCUT2D eigenvalue weighted by Crippen LogP contribution is 2.26. The summed E-state index contributed by atoms with van der Waals surface area (Å²) in [5, 5.41) is 9.00. The molecule has 0 unspecified atom stereocenters. The largest absolute Gasteiger partial charge is 0.489 e. The van der Waals surface area contributed by atoms with Crippen molar-refractivity contribution in [1.82, 2.24) is 0 Å². The third kappa shape index (κ3) is 3.04. The number of aromatic carboxylic acids is 1. The van der Waals surface area contributed by atoms with Crippen LogP contribution in [0.3, 0.4) is 0 Å². The molecule has 2 rings (SSSR count). The third-order valence-corrected chi connectivity index (χ3v) is 2.88. The molecule has 0 aliphatic carbocycles. The lowest BCUT2D eigenvalue weighted by Crippen LogP contribution is -2.04. The summed E-state index contributed by atoms with van der Waals surface area (Å²) >= 11 is 0. The predicted octanol–water partition coefficient (Wildman–Crippen LogP) is 2.85. The number of anilines is 1. The van der Waals surface area contributed by atoms with Crippen LogP contribution in [-0.2, 0) is 6.61 Å². The van der Waals surface area contributed by atoms with Gasteiger partial charge in [-0.3, -0.25) is 0 Å². The topological polar surface area (TPSA) is 72.6 Å². The fraction of sp³-hybridized carbons (Fsp3) is 0.133. The minimum absolute atomic E-state index is 0.131. The number of nitrogen functional groups attached to an aromatic ring is 1. The molecule has 0 aliphatic rings. The molecule has 3 N–H and O–H groups in total. The van der Waals surface area contributed by atoms with E-state index in [0.29, 0.717) is 18.0 Å². The van der Waals surface area contributed by atoms with Crippen LogP contribution < -0.4 is 10.5 Å². The van der Waals surface area contributed by atoms with Crippen LogP contribution in [0, 0.1) is 6.92 Å². The molecule has 19 heavy (non-hydrogen) atoms. The molecule has 0 atom stereocenters. The number of carbonyl (C=O) groups is 1. The molecule has 0 spiro atoms. The van der Waals surface area contributed by atoms with Gasteiger partial charge < -0.3 is 15.6 Å². The molecule has 0 fully saturated rings. The van der Waals surface area contributed by atoms with Crippen molar-refractivity contribution in [1.29, 1.82) is 0 Å². The van der Waals surface area contributed by atoms with E-state index in [9.17, 15) is 4.79 Å². The van der Waals surface area contributed by atoms with E-state index >= 15 is 0 Å². The van der Waals surface area contributed by atoms with Crippen molar-refractivity contribution in [2.24, 2.45) is 0 Å². The monoisotopic (exact) mass is 257 g/mol. The highest BCUT2D eigenvalue weighted by atomic mass is 16.5. The molecule has 98 valence electrons. The molecule has 4 nitrogen and oxygen atoms in total. The summed E-state index contributed by atoms with van der Waals surface area (Å²) in [5.41, 5.74) is 8.10. The lowest BCUT2D eigenvalue weighted by molar-refractivity contribution is 0.0696. The Bertz CT molecular complexity index is 594. The molecular weight excluding hydrogens is 242 g/mol. The van der Waals surface area contributed by atoms with E-state index < -0.39 is 5.97 Å². The molecule has 0 saturated carbocycles. The standard InChI is InChI=1S/C15H15NO3/c1-10-13(16)7-12(15(17)18)8-14(10)19-9-11-5-3-2-4-6-11/h2-8H,9,16H2,1H3,(H,17,18). The second kappa shape index (κ2) is 5.44. The van der Waals surface area contributed by atoms with Crippen molar-refractivity contribution >= 4 is 11.7 Å². The zero-order valence-corrected chi connectivity index (χ0v) is 10.6. The third-order valence-electron chi connectivity index (χ3n) is 2.88. The van der Waals surface area contributed by atoms with Gasteiger partial charge in [0.15, 0.2) is 0 Å². The average Bonchev–Trinajstić information content (AvgIpc) is 2.41. The van der Waals surface area contributed by atoms with E-state index in [1.54, 1.807) is 6.92 Å². The van der Waals surface area contributed by atoms with Gasteiger partial charge in [0, 0.05) is 11.3 Å². The molecule has 4 heteroatoms. The molecule has 0 bridgehead atoms. The van der Waals surface area contributed by atoms with Gasteiger partial charge in [0.2, 0.25) is 0 Å². The molecule has 2 aromatic rings. The average molecular weight is 257 g/mol. The van der Waals surface area contributed by atoms with Crippen molar-refractivity contribution < 1.29 is 14.6 Å². The first-order valence-electron chi connectivity index (χ1n) is 5.88. The fourth-order valence-corrected chi connectivity index (χ4v) is 1.72. The van der Waals surface area contributed by atoms with Crippen LogP contribution in [0.15, 0.2) is 42.5 Å². The number of hydrogen-bond acceptors (Lipinski definition) is 3. The van der Waals surface area contributed by atoms with E-state index in [0.717, 1.165) is 11.1 Å². The van der Waals surface area contributed by atoms with Crippen molar-refractivity contribution in [2.75, 3.05) is 5.73 Å². The van der Waals surface area contributed by atoms with Crippen LogP contribution in [0.25, 0.3) is 0 Å². The van der Waals surface area contributed by atoms with Crippen molar-refractivity contribution in [3.63, 3.8) is 0 Å². The predicted molar refractivity (Wildman–Crippen MR) is 73.3 cm³/mol. The van der Waals surface area contributed by atoms with Crippen molar-refractivity contribution in [3.05, 3.63) is 59.2 Å². The van der Waals surface area contributed by atoms with Crippen LogP contribution in [0.4, 0.5) is 5.69 Å². The maximum atomic E-state index is 11.0. The van der Waals surface area contributed by atoms with Crippen LogP contribution in [-0.4, -0.2) is 11.1 Å². The summed E-state index contributed by atoms with van der Waals surface area (Å²) < 4.78 is 5.65. The first kappa shape index (κ1) is 13.0. The Morgan fingerprint density at radius 3 is 2.58 bits per heavy atom. The quantitative estimate of drug-likeness (QED) is 0.826. The Labute approximate surface area is 111 Å². The maximum Gasteiger partial charge on any atom is 0.335 e. The van der Waals surface area contributed by atoms with Gasteiger partial charge in [0.05, 0.1) is 5.56 Å². The fourth-order valence-electron chi connectivity index (χ4n) is 1.72. The Kier molecular flexibility index (Phi) is 3.71. The smallest absolute Gasteiger partial charge is 0.335 e. The Balaban J connectivity index is 2.22. The second-order valence-corrected chi connectivity index (χ2v) is 4.27. The first-order valence-corrected chi connectivity index (χ1v) is 5.88. The van der Waals surface area contributed by atoms with Gasteiger partial charge >= 0.3 is 5.97 Å². The van der Waals surface area contributed by atoms with E-state index in [1.807, 2.05) is 30.3 Å². The molecule has 0 heterocycles. The number of ether oxygens (including phenoxy) is 1.